The van der Waals surface area contributed by atoms with Gasteiger partial charge in [0.1, 0.15) is 5.69 Å². The Morgan fingerprint density at radius 1 is 0.825 bits per heavy atom. The molecule has 2 saturated heterocycles. The van der Waals surface area contributed by atoms with Crippen LogP contribution in [-0.4, -0.2) is 40.9 Å². The Morgan fingerprint density at radius 2 is 1.52 bits per heavy atom. The predicted octanol–water partition coefficient (Wildman–Crippen LogP) is 6.47. The van der Waals surface area contributed by atoms with Crippen molar-refractivity contribution in [2.75, 3.05) is 36.0 Å². The number of aromatic nitrogens is 3. The third-order valence-corrected chi connectivity index (χ3v) is 7.67. The van der Waals surface area contributed by atoms with E-state index < -0.39 is 17.3 Å². The van der Waals surface area contributed by atoms with E-state index in [1.54, 1.807) is 12.3 Å². The summed E-state index contributed by atoms with van der Waals surface area (Å²) in [7, 11) is 0. The van der Waals surface area contributed by atoms with Crippen LogP contribution >= 0.6 is 0 Å². The van der Waals surface area contributed by atoms with Crippen LogP contribution in [0.5, 0.6) is 0 Å². The molecule has 0 amide bonds. The van der Waals surface area contributed by atoms with Gasteiger partial charge < -0.3 is 14.2 Å². The zero-order valence-electron chi connectivity index (χ0n) is 22.2. The quantitative estimate of drug-likeness (QED) is 0.284. The molecule has 2 aromatic heterocycles. The molecule has 4 heterocycles. The molecule has 4 aromatic rings. The number of hydrogen-bond acceptors (Lipinski definition) is 6. The summed E-state index contributed by atoms with van der Waals surface area (Å²) < 4.78 is 49.4. The summed E-state index contributed by atoms with van der Waals surface area (Å²) in [6.07, 6.45) is 3.11. The van der Waals surface area contributed by atoms with Crippen molar-refractivity contribution in [3.8, 4) is 28.3 Å². The standard InChI is InChI=1S/C30H30F3N5O2/c1-20-13-21(15-22(14-20)28-18-34-19-40-28)25-17-27(37-11-3-2-4-12-37)29(39)38(35-25)26-16-23(36-9-5-6-10-36)7-8-24(26)30(31,32)33/h7-8,13-19H,2-6,9-12H2,1H3. The Balaban J connectivity index is 1.58. The zero-order chi connectivity index (χ0) is 27.9. The Hall–Kier alpha value is -4.08. The van der Waals surface area contributed by atoms with Crippen molar-refractivity contribution >= 4 is 11.4 Å². The normalized spacial score (nSPS) is 16.1. The molecule has 10 heteroatoms. The fourth-order valence-corrected chi connectivity index (χ4v) is 5.69. The number of nitrogens with zero attached hydrogens (tertiary/aromatic N) is 5. The van der Waals surface area contributed by atoms with E-state index in [-0.39, 0.29) is 5.69 Å². The molecule has 40 heavy (non-hydrogen) atoms. The number of oxazole rings is 1. The van der Waals surface area contributed by atoms with Crippen LogP contribution in [0, 0.1) is 6.92 Å². The van der Waals surface area contributed by atoms with Crippen LogP contribution in [0.3, 0.4) is 0 Å². The van der Waals surface area contributed by atoms with Gasteiger partial charge in [0.2, 0.25) is 0 Å². The van der Waals surface area contributed by atoms with Gasteiger partial charge in [-0.2, -0.15) is 23.0 Å². The Labute approximate surface area is 229 Å². The van der Waals surface area contributed by atoms with Crippen molar-refractivity contribution < 1.29 is 17.6 Å². The zero-order valence-corrected chi connectivity index (χ0v) is 22.2. The van der Waals surface area contributed by atoms with E-state index >= 15 is 0 Å². The maximum atomic E-state index is 14.3. The molecule has 0 aliphatic carbocycles. The first-order chi connectivity index (χ1) is 19.3. The molecule has 208 valence electrons. The van der Waals surface area contributed by atoms with E-state index in [0.29, 0.717) is 41.5 Å². The lowest BCUT2D eigenvalue weighted by atomic mass is 10.0. The first-order valence-electron chi connectivity index (χ1n) is 13.6. The van der Waals surface area contributed by atoms with Gasteiger partial charge in [0.15, 0.2) is 12.2 Å². The van der Waals surface area contributed by atoms with Crippen LogP contribution in [0.1, 0.15) is 43.2 Å². The van der Waals surface area contributed by atoms with Gasteiger partial charge in [-0.05, 0) is 87.1 Å². The third kappa shape index (κ3) is 5.10. The van der Waals surface area contributed by atoms with Gasteiger partial charge in [-0.3, -0.25) is 4.79 Å². The fourth-order valence-electron chi connectivity index (χ4n) is 5.69. The molecule has 2 fully saturated rings. The molecule has 0 radical (unpaired) electrons. The van der Waals surface area contributed by atoms with Crippen LogP contribution in [0.15, 0.2) is 64.3 Å². The molecule has 0 saturated carbocycles. The average Bonchev–Trinajstić information content (AvgIpc) is 3.68. The van der Waals surface area contributed by atoms with Gasteiger partial charge in [0, 0.05) is 43.0 Å². The van der Waals surface area contributed by atoms with Crippen molar-refractivity contribution in [2.45, 2.75) is 45.2 Å². The van der Waals surface area contributed by atoms with Gasteiger partial charge in [0.05, 0.1) is 23.1 Å². The molecule has 6 rings (SSSR count). The maximum Gasteiger partial charge on any atom is 0.418 e. The van der Waals surface area contributed by atoms with Crippen molar-refractivity contribution in [3.63, 3.8) is 0 Å². The summed E-state index contributed by atoms with van der Waals surface area (Å²) in [5.41, 5.74) is 2.05. The van der Waals surface area contributed by atoms with Gasteiger partial charge in [-0.15, -0.1) is 0 Å². The number of halogens is 3. The molecular formula is C30H30F3N5O2. The highest BCUT2D eigenvalue weighted by Gasteiger charge is 2.35. The summed E-state index contributed by atoms with van der Waals surface area (Å²) in [5, 5.41) is 4.59. The highest BCUT2D eigenvalue weighted by Crippen LogP contribution is 2.37. The highest BCUT2D eigenvalue weighted by atomic mass is 19.4. The van der Waals surface area contributed by atoms with Crippen LogP contribution in [0.2, 0.25) is 0 Å². The topological polar surface area (TPSA) is 67.4 Å². The second-order valence-electron chi connectivity index (χ2n) is 10.5. The molecule has 0 atom stereocenters. The van der Waals surface area contributed by atoms with Crippen molar-refractivity contribution in [1.29, 1.82) is 0 Å². The van der Waals surface area contributed by atoms with Gasteiger partial charge in [-0.25, -0.2) is 4.98 Å². The molecular weight excluding hydrogens is 519 g/mol. The third-order valence-electron chi connectivity index (χ3n) is 7.67. The molecule has 0 N–H and O–H groups in total. The first-order valence-corrected chi connectivity index (χ1v) is 13.6. The largest absolute Gasteiger partial charge is 0.444 e. The Morgan fingerprint density at radius 3 is 2.23 bits per heavy atom. The molecule has 0 unspecified atom stereocenters. The number of rotatable bonds is 5. The van der Waals surface area contributed by atoms with Crippen LogP contribution in [0.4, 0.5) is 24.5 Å². The SMILES string of the molecule is Cc1cc(-c2cc(N3CCCCC3)c(=O)n(-c3cc(N4CCCC4)ccc3C(F)(F)F)n2)cc(-c2cnco2)c1. The van der Waals surface area contributed by atoms with Gasteiger partial charge in [-0.1, -0.05) is 0 Å². The number of aryl methyl sites for hydroxylation is 1. The van der Waals surface area contributed by atoms with E-state index in [0.717, 1.165) is 67.1 Å². The number of piperidine rings is 1. The minimum atomic E-state index is -4.66. The van der Waals surface area contributed by atoms with E-state index in [1.807, 2.05) is 34.9 Å². The number of anilines is 2. The average molecular weight is 550 g/mol. The molecule has 2 aliphatic rings. The summed E-state index contributed by atoms with van der Waals surface area (Å²) >= 11 is 0. The van der Waals surface area contributed by atoms with Crippen molar-refractivity contribution in [3.05, 3.63) is 76.5 Å². The second kappa shape index (κ2) is 10.5. The summed E-state index contributed by atoms with van der Waals surface area (Å²) in [6, 6.07) is 11.4. The minimum absolute atomic E-state index is 0.259. The van der Waals surface area contributed by atoms with Crippen molar-refractivity contribution in [1.82, 2.24) is 14.8 Å². The molecule has 0 spiro atoms. The predicted molar refractivity (Wildman–Crippen MR) is 148 cm³/mol. The van der Waals surface area contributed by atoms with E-state index in [2.05, 4.69) is 10.1 Å². The summed E-state index contributed by atoms with van der Waals surface area (Å²) in [4.78, 5) is 22.0. The van der Waals surface area contributed by atoms with Gasteiger partial charge in [0.25, 0.3) is 5.56 Å². The first kappa shape index (κ1) is 26.2. The smallest absolute Gasteiger partial charge is 0.418 e. The number of hydrogen-bond donors (Lipinski definition) is 0. The molecule has 2 aliphatic heterocycles. The minimum Gasteiger partial charge on any atom is -0.444 e. The van der Waals surface area contributed by atoms with Crippen molar-refractivity contribution in [2.24, 2.45) is 0 Å². The second-order valence-corrected chi connectivity index (χ2v) is 10.5. The lowest BCUT2D eigenvalue weighted by Crippen LogP contribution is -2.37. The van der Waals surface area contributed by atoms with E-state index in [1.165, 1.54) is 18.5 Å². The lowest BCUT2D eigenvalue weighted by molar-refractivity contribution is -0.137. The Kier molecular flexibility index (Phi) is 6.85. The Bertz CT molecular complexity index is 1570. The summed E-state index contributed by atoms with van der Waals surface area (Å²) in [5.74, 6) is 0.562. The van der Waals surface area contributed by atoms with Crippen LogP contribution in [-0.2, 0) is 6.18 Å². The number of benzene rings is 2. The van der Waals surface area contributed by atoms with E-state index in [4.69, 9.17) is 4.42 Å². The highest BCUT2D eigenvalue weighted by molar-refractivity contribution is 5.72. The summed E-state index contributed by atoms with van der Waals surface area (Å²) in [6.45, 7) is 4.78. The molecule has 7 nitrogen and oxygen atoms in total. The van der Waals surface area contributed by atoms with Crippen LogP contribution in [0.25, 0.3) is 28.3 Å². The monoisotopic (exact) mass is 549 g/mol. The van der Waals surface area contributed by atoms with E-state index in [9.17, 15) is 18.0 Å². The van der Waals surface area contributed by atoms with Crippen LogP contribution < -0.4 is 15.4 Å². The lowest BCUT2D eigenvalue weighted by Gasteiger charge is -2.29. The molecule has 2 aromatic carbocycles. The molecule has 0 bridgehead atoms. The number of alkyl halides is 3. The van der Waals surface area contributed by atoms with Gasteiger partial charge >= 0.3 is 6.18 Å². The maximum absolute atomic E-state index is 14.3. The fraction of sp³-hybridized carbons (Fsp3) is 0.367.